The fraction of sp³-hybridized carbons (Fsp3) is 0.286. The number of carbonyl (C=O) groups excluding carboxylic acids is 1. The summed E-state index contributed by atoms with van der Waals surface area (Å²) in [5, 5.41) is 11.0. The molecule has 1 saturated heterocycles. The van der Waals surface area contributed by atoms with Gasteiger partial charge in [-0.05, 0) is 31.1 Å². The van der Waals surface area contributed by atoms with Gasteiger partial charge in [0, 0.05) is 44.4 Å². The maximum absolute atomic E-state index is 13.0. The minimum absolute atomic E-state index is 0.0733. The van der Waals surface area contributed by atoms with E-state index in [-0.39, 0.29) is 42.7 Å². The number of hydrogen-bond acceptors (Lipinski definition) is 5. The monoisotopic (exact) mass is 429 g/mol. The number of non-ortho nitro benzene ring substituents is 1. The van der Waals surface area contributed by atoms with E-state index < -0.39 is 14.9 Å². The van der Waals surface area contributed by atoms with E-state index in [0.29, 0.717) is 5.56 Å². The molecule has 158 valence electrons. The summed E-state index contributed by atoms with van der Waals surface area (Å²) in [6, 6.07) is 11.6. The van der Waals surface area contributed by atoms with Crippen molar-refractivity contribution in [3.8, 4) is 0 Å². The van der Waals surface area contributed by atoms with Crippen LogP contribution in [0.5, 0.6) is 0 Å². The van der Waals surface area contributed by atoms with Crippen LogP contribution in [0.3, 0.4) is 0 Å². The third-order valence-corrected chi connectivity index (χ3v) is 7.05. The van der Waals surface area contributed by atoms with Crippen molar-refractivity contribution < 1.29 is 18.1 Å². The molecule has 0 saturated carbocycles. The van der Waals surface area contributed by atoms with Crippen LogP contribution in [0.2, 0.25) is 0 Å². The van der Waals surface area contributed by atoms with Gasteiger partial charge < -0.3 is 4.90 Å². The molecule has 9 heteroatoms. The highest BCUT2D eigenvalue weighted by Gasteiger charge is 2.31. The highest BCUT2D eigenvalue weighted by Crippen LogP contribution is 2.25. The van der Waals surface area contributed by atoms with E-state index in [2.05, 4.69) is 0 Å². The number of carbonyl (C=O) groups is 1. The molecule has 1 aliphatic rings. The fourth-order valence-electron chi connectivity index (χ4n) is 3.31. The number of nitro groups is 1. The average molecular weight is 429 g/mol. The summed E-state index contributed by atoms with van der Waals surface area (Å²) in [6.45, 7) is 4.35. The average Bonchev–Trinajstić information content (AvgIpc) is 2.72. The Bertz CT molecular complexity index is 1100. The number of sulfonamides is 1. The Labute approximate surface area is 175 Å². The zero-order chi connectivity index (χ0) is 21.9. The fourth-order valence-corrected chi connectivity index (χ4v) is 4.98. The molecule has 0 aromatic heterocycles. The van der Waals surface area contributed by atoms with Crippen LogP contribution in [0, 0.1) is 24.0 Å². The Kier molecular flexibility index (Phi) is 6.33. The van der Waals surface area contributed by atoms with Crippen LogP contribution in [0.1, 0.15) is 16.7 Å². The Morgan fingerprint density at radius 2 is 1.77 bits per heavy atom. The smallest absolute Gasteiger partial charge is 0.270 e. The lowest BCUT2D eigenvalue weighted by atomic mass is 10.1. The first kappa shape index (κ1) is 21.7. The van der Waals surface area contributed by atoms with Gasteiger partial charge in [-0.25, -0.2) is 8.42 Å². The zero-order valence-electron chi connectivity index (χ0n) is 16.8. The number of amides is 1. The van der Waals surface area contributed by atoms with Crippen LogP contribution < -0.4 is 0 Å². The van der Waals surface area contributed by atoms with Crippen LogP contribution in [-0.4, -0.2) is 54.6 Å². The minimum Gasteiger partial charge on any atom is -0.337 e. The van der Waals surface area contributed by atoms with Gasteiger partial charge in [0.2, 0.25) is 15.9 Å². The van der Waals surface area contributed by atoms with Crippen molar-refractivity contribution in [2.24, 2.45) is 0 Å². The summed E-state index contributed by atoms with van der Waals surface area (Å²) in [7, 11) is -3.88. The summed E-state index contributed by atoms with van der Waals surface area (Å²) in [6.07, 6.45) is 3.23. The maximum atomic E-state index is 13.0. The summed E-state index contributed by atoms with van der Waals surface area (Å²) in [5.74, 6) is -0.180. The molecule has 0 bridgehead atoms. The van der Waals surface area contributed by atoms with Crippen LogP contribution in [-0.2, 0) is 14.8 Å². The van der Waals surface area contributed by atoms with Gasteiger partial charge >= 0.3 is 0 Å². The molecule has 0 aliphatic carbocycles. The molecule has 1 fully saturated rings. The van der Waals surface area contributed by atoms with E-state index in [4.69, 9.17) is 0 Å². The van der Waals surface area contributed by atoms with Crippen LogP contribution in [0.4, 0.5) is 5.69 Å². The van der Waals surface area contributed by atoms with Gasteiger partial charge in [0.1, 0.15) is 0 Å². The van der Waals surface area contributed by atoms with Crippen molar-refractivity contribution in [2.75, 3.05) is 26.2 Å². The SMILES string of the molecule is Cc1cccc(/C=C/C(=O)N2CCN(S(=O)(=O)c3cc([N+](=O)[O-])ccc3C)CC2)c1. The Morgan fingerprint density at radius 3 is 2.40 bits per heavy atom. The third kappa shape index (κ3) is 4.74. The maximum Gasteiger partial charge on any atom is 0.270 e. The lowest BCUT2D eigenvalue weighted by Gasteiger charge is -2.33. The molecule has 8 nitrogen and oxygen atoms in total. The number of benzene rings is 2. The molecule has 1 aliphatic heterocycles. The lowest BCUT2D eigenvalue weighted by molar-refractivity contribution is -0.385. The van der Waals surface area contributed by atoms with Crippen molar-refractivity contribution in [1.82, 2.24) is 9.21 Å². The van der Waals surface area contributed by atoms with Crippen molar-refractivity contribution >= 4 is 27.7 Å². The third-order valence-electron chi connectivity index (χ3n) is 5.01. The van der Waals surface area contributed by atoms with Crippen molar-refractivity contribution in [3.63, 3.8) is 0 Å². The van der Waals surface area contributed by atoms with Crippen molar-refractivity contribution in [1.29, 1.82) is 0 Å². The van der Waals surface area contributed by atoms with E-state index in [1.54, 1.807) is 17.9 Å². The quantitative estimate of drug-likeness (QED) is 0.413. The molecule has 2 aromatic carbocycles. The number of nitro benzene ring substituents is 1. The van der Waals surface area contributed by atoms with Gasteiger partial charge in [0.05, 0.1) is 9.82 Å². The van der Waals surface area contributed by atoms with Gasteiger partial charge in [0.15, 0.2) is 0 Å². The van der Waals surface area contributed by atoms with Gasteiger partial charge in [0.25, 0.3) is 5.69 Å². The predicted molar refractivity (Wildman–Crippen MR) is 113 cm³/mol. The first-order valence-corrected chi connectivity index (χ1v) is 10.9. The van der Waals surface area contributed by atoms with E-state index >= 15 is 0 Å². The van der Waals surface area contributed by atoms with Gasteiger partial charge in [-0.15, -0.1) is 0 Å². The molecule has 0 N–H and O–H groups in total. The van der Waals surface area contributed by atoms with Crippen molar-refractivity contribution in [3.05, 3.63) is 75.3 Å². The van der Waals surface area contributed by atoms with E-state index in [1.807, 2.05) is 31.2 Å². The summed E-state index contributed by atoms with van der Waals surface area (Å²) in [4.78, 5) is 24.4. The Balaban J connectivity index is 1.68. The number of hydrogen-bond donors (Lipinski definition) is 0. The molecule has 0 unspecified atom stereocenters. The summed E-state index contributed by atoms with van der Waals surface area (Å²) >= 11 is 0. The number of rotatable bonds is 5. The molecule has 0 radical (unpaired) electrons. The molecule has 1 amide bonds. The van der Waals surface area contributed by atoms with E-state index in [9.17, 15) is 23.3 Å². The molecule has 0 spiro atoms. The minimum atomic E-state index is -3.88. The lowest BCUT2D eigenvalue weighted by Crippen LogP contribution is -2.50. The second-order valence-corrected chi connectivity index (χ2v) is 9.09. The highest BCUT2D eigenvalue weighted by atomic mass is 32.2. The van der Waals surface area contributed by atoms with Gasteiger partial charge in [-0.2, -0.15) is 4.31 Å². The molecule has 0 atom stereocenters. The zero-order valence-corrected chi connectivity index (χ0v) is 17.6. The van der Waals surface area contributed by atoms with Crippen LogP contribution in [0.15, 0.2) is 53.4 Å². The van der Waals surface area contributed by atoms with E-state index in [0.717, 1.165) is 17.2 Å². The van der Waals surface area contributed by atoms with Gasteiger partial charge in [-0.3, -0.25) is 14.9 Å². The number of nitrogens with zero attached hydrogens (tertiary/aromatic N) is 3. The molecular formula is C21H23N3O5S. The first-order chi connectivity index (χ1) is 14.2. The number of aryl methyl sites for hydroxylation is 2. The first-order valence-electron chi connectivity index (χ1n) is 9.47. The Morgan fingerprint density at radius 1 is 1.07 bits per heavy atom. The van der Waals surface area contributed by atoms with Crippen LogP contribution in [0.25, 0.3) is 6.08 Å². The standard InChI is InChI=1S/C21H23N3O5S/c1-16-4-3-5-18(14-16)7-9-21(25)22-10-12-23(13-11-22)30(28,29)20-15-19(24(26)27)8-6-17(20)2/h3-9,14-15H,10-13H2,1-2H3/b9-7+. The molecular weight excluding hydrogens is 406 g/mol. The Hall–Kier alpha value is -3.04. The van der Waals surface area contributed by atoms with Crippen LogP contribution >= 0.6 is 0 Å². The van der Waals surface area contributed by atoms with Gasteiger partial charge in [-0.1, -0.05) is 35.9 Å². The number of piperazine rings is 1. The van der Waals surface area contributed by atoms with Crippen molar-refractivity contribution in [2.45, 2.75) is 18.7 Å². The summed E-state index contributed by atoms with van der Waals surface area (Å²) < 4.78 is 27.2. The molecule has 30 heavy (non-hydrogen) atoms. The predicted octanol–water partition coefficient (Wildman–Crippen LogP) is 2.76. The van der Waals surface area contributed by atoms with E-state index in [1.165, 1.54) is 22.5 Å². The second kappa shape index (κ2) is 8.76. The molecule has 1 heterocycles. The normalized spacial score (nSPS) is 15.5. The molecule has 2 aromatic rings. The molecule has 3 rings (SSSR count). The highest BCUT2D eigenvalue weighted by molar-refractivity contribution is 7.89. The topological polar surface area (TPSA) is 101 Å². The largest absolute Gasteiger partial charge is 0.337 e. The second-order valence-electron chi connectivity index (χ2n) is 7.18. The summed E-state index contributed by atoms with van der Waals surface area (Å²) in [5.41, 5.74) is 2.19.